The summed E-state index contributed by atoms with van der Waals surface area (Å²) >= 11 is 0. The van der Waals surface area contributed by atoms with E-state index < -0.39 is 0 Å². The third-order valence-corrected chi connectivity index (χ3v) is 3.27. The second kappa shape index (κ2) is 5.41. The normalized spacial score (nSPS) is 19.6. The van der Waals surface area contributed by atoms with Gasteiger partial charge in [-0.2, -0.15) is 0 Å². The summed E-state index contributed by atoms with van der Waals surface area (Å²) in [4.78, 5) is 6.80. The number of piperazine rings is 1. The molecule has 2 rings (SSSR count). The van der Waals surface area contributed by atoms with Gasteiger partial charge >= 0.3 is 0 Å². The largest absolute Gasteiger partial charge is 0.314 e. The number of hydrogen-bond acceptors (Lipinski definition) is 3. The molecule has 0 bridgehead atoms. The van der Waals surface area contributed by atoms with Gasteiger partial charge in [0.05, 0.1) is 0 Å². The van der Waals surface area contributed by atoms with Gasteiger partial charge in [0, 0.05) is 44.1 Å². The molecule has 88 valence electrons. The number of aromatic nitrogens is 1. The van der Waals surface area contributed by atoms with Crippen LogP contribution in [0.25, 0.3) is 0 Å². The van der Waals surface area contributed by atoms with Gasteiger partial charge in [-0.1, -0.05) is 0 Å². The molecule has 2 heterocycles. The Kier molecular flexibility index (Phi) is 3.91. The zero-order chi connectivity index (χ0) is 11.4. The van der Waals surface area contributed by atoms with Crippen LogP contribution < -0.4 is 5.32 Å². The molecule has 1 unspecified atom stereocenters. The Bertz CT molecular complexity index is 332. The zero-order valence-corrected chi connectivity index (χ0v) is 10.2. The van der Waals surface area contributed by atoms with Gasteiger partial charge in [-0.3, -0.25) is 9.88 Å². The summed E-state index contributed by atoms with van der Waals surface area (Å²) in [6.07, 6.45) is 3.04. The quantitative estimate of drug-likeness (QED) is 0.828. The molecule has 0 spiro atoms. The van der Waals surface area contributed by atoms with Crippen molar-refractivity contribution in [3.8, 4) is 0 Å². The molecule has 0 radical (unpaired) electrons. The van der Waals surface area contributed by atoms with Crippen molar-refractivity contribution in [3.05, 3.63) is 29.6 Å². The molecule has 1 aliphatic heterocycles. The predicted octanol–water partition coefficient (Wildman–Crippen LogP) is 1.23. The van der Waals surface area contributed by atoms with Crippen molar-refractivity contribution >= 4 is 0 Å². The number of hydrogen-bond donors (Lipinski definition) is 1. The van der Waals surface area contributed by atoms with Crippen molar-refractivity contribution in [2.75, 3.05) is 26.2 Å². The van der Waals surface area contributed by atoms with Crippen LogP contribution in [0.4, 0.5) is 0 Å². The molecule has 0 aliphatic carbocycles. The fourth-order valence-corrected chi connectivity index (χ4v) is 2.32. The second-order valence-corrected chi connectivity index (χ2v) is 4.64. The van der Waals surface area contributed by atoms with Crippen molar-refractivity contribution < 1.29 is 0 Å². The lowest BCUT2D eigenvalue weighted by Gasteiger charge is -2.32. The van der Waals surface area contributed by atoms with E-state index in [0.29, 0.717) is 6.04 Å². The third-order valence-electron chi connectivity index (χ3n) is 3.27. The van der Waals surface area contributed by atoms with E-state index in [0.717, 1.165) is 25.2 Å². The smallest absolute Gasteiger partial charge is 0.0375 e. The van der Waals surface area contributed by atoms with Crippen molar-refractivity contribution in [3.63, 3.8) is 0 Å². The summed E-state index contributed by atoms with van der Waals surface area (Å²) in [5, 5.41) is 3.39. The second-order valence-electron chi connectivity index (χ2n) is 4.64. The van der Waals surface area contributed by atoms with Crippen LogP contribution in [0.2, 0.25) is 0 Å². The van der Waals surface area contributed by atoms with Crippen LogP contribution >= 0.6 is 0 Å². The molecule has 1 atom stereocenters. The number of rotatable bonds is 3. The highest BCUT2D eigenvalue weighted by Crippen LogP contribution is 2.09. The topological polar surface area (TPSA) is 28.2 Å². The molecular weight excluding hydrogens is 198 g/mol. The molecule has 1 aliphatic rings. The van der Waals surface area contributed by atoms with Gasteiger partial charge in [0.25, 0.3) is 0 Å². The minimum absolute atomic E-state index is 0.629. The van der Waals surface area contributed by atoms with Crippen LogP contribution in [0.5, 0.6) is 0 Å². The Morgan fingerprint density at radius 2 is 2.19 bits per heavy atom. The molecular formula is C13H21N3. The monoisotopic (exact) mass is 219 g/mol. The molecule has 16 heavy (non-hydrogen) atoms. The highest BCUT2D eigenvalue weighted by Gasteiger charge is 2.16. The molecule has 0 aromatic carbocycles. The maximum atomic E-state index is 4.24. The van der Waals surface area contributed by atoms with Crippen LogP contribution in [0.1, 0.15) is 18.2 Å². The lowest BCUT2D eigenvalue weighted by atomic mass is 10.1. The minimum atomic E-state index is 0.629. The third kappa shape index (κ3) is 3.03. The van der Waals surface area contributed by atoms with Crippen LogP contribution in [0, 0.1) is 6.92 Å². The standard InChI is InChI=1S/C13H21N3/c1-11-9-13(3-4-15-11)10-12(2)16-7-5-14-6-8-16/h3-4,9,12,14H,5-8,10H2,1-2H3. The van der Waals surface area contributed by atoms with E-state index in [9.17, 15) is 0 Å². The molecule has 1 fully saturated rings. The van der Waals surface area contributed by atoms with E-state index in [1.165, 1.54) is 18.7 Å². The van der Waals surface area contributed by atoms with E-state index in [1.54, 1.807) is 0 Å². The summed E-state index contributed by atoms with van der Waals surface area (Å²) in [5.41, 5.74) is 2.52. The molecule has 1 aromatic rings. The molecule has 0 amide bonds. The summed E-state index contributed by atoms with van der Waals surface area (Å²) in [5.74, 6) is 0. The average molecular weight is 219 g/mol. The van der Waals surface area contributed by atoms with Crippen LogP contribution in [0.3, 0.4) is 0 Å². The van der Waals surface area contributed by atoms with Gasteiger partial charge < -0.3 is 5.32 Å². The molecule has 1 saturated heterocycles. The van der Waals surface area contributed by atoms with Gasteiger partial charge in [-0.05, 0) is 38.0 Å². The SMILES string of the molecule is Cc1cc(CC(C)N2CCNCC2)ccn1. The van der Waals surface area contributed by atoms with Crippen molar-refractivity contribution in [2.24, 2.45) is 0 Å². The first-order chi connectivity index (χ1) is 7.75. The highest BCUT2D eigenvalue weighted by molar-refractivity contribution is 5.16. The fourth-order valence-electron chi connectivity index (χ4n) is 2.32. The van der Waals surface area contributed by atoms with Gasteiger partial charge in [0.15, 0.2) is 0 Å². The number of pyridine rings is 1. The highest BCUT2D eigenvalue weighted by atomic mass is 15.2. The minimum Gasteiger partial charge on any atom is -0.314 e. The lowest BCUT2D eigenvalue weighted by Crippen LogP contribution is -2.48. The van der Waals surface area contributed by atoms with Crippen LogP contribution in [0.15, 0.2) is 18.3 Å². The Hall–Kier alpha value is -0.930. The Morgan fingerprint density at radius 1 is 1.44 bits per heavy atom. The molecule has 0 saturated carbocycles. The molecule has 3 heteroatoms. The van der Waals surface area contributed by atoms with Gasteiger partial charge in [0.2, 0.25) is 0 Å². The van der Waals surface area contributed by atoms with E-state index in [2.05, 4.69) is 41.2 Å². The average Bonchev–Trinajstić information content (AvgIpc) is 2.30. The molecule has 1 aromatic heterocycles. The van der Waals surface area contributed by atoms with E-state index in [4.69, 9.17) is 0 Å². The Morgan fingerprint density at radius 3 is 2.88 bits per heavy atom. The Labute approximate surface area is 97.9 Å². The van der Waals surface area contributed by atoms with Crippen molar-refractivity contribution in [1.29, 1.82) is 0 Å². The summed E-state index contributed by atoms with van der Waals surface area (Å²) in [6.45, 7) is 8.97. The first kappa shape index (κ1) is 11.6. The van der Waals surface area contributed by atoms with Crippen LogP contribution in [-0.4, -0.2) is 42.1 Å². The fraction of sp³-hybridized carbons (Fsp3) is 0.615. The summed E-state index contributed by atoms with van der Waals surface area (Å²) < 4.78 is 0. The number of nitrogens with one attached hydrogen (secondary N) is 1. The lowest BCUT2D eigenvalue weighted by molar-refractivity contribution is 0.183. The first-order valence-corrected chi connectivity index (χ1v) is 6.12. The van der Waals surface area contributed by atoms with E-state index >= 15 is 0 Å². The van der Waals surface area contributed by atoms with Gasteiger partial charge in [-0.15, -0.1) is 0 Å². The maximum Gasteiger partial charge on any atom is 0.0375 e. The number of nitrogens with zero attached hydrogens (tertiary/aromatic N) is 2. The van der Waals surface area contributed by atoms with Gasteiger partial charge in [0.1, 0.15) is 0 Å². The van der Waals surface area contributed by atoms with Gasteiger partial charge in [-0.25, -0.2) is 0 Å². The van der Waals surface area contributed by atoms with Crippen LogP contribution in [-0.2, 0) is 6.42 Å². The number of aryl methyl sites for hydroxylation is 1. The van der Waals surface area contributed by atoms with Crippen molar-refractivity contribution in [1.82, 2.24) is 15.2 Å². The van der Waals surface area contributed by atoms with E-state index in [-0.39, 0.29) is 0 Å². The Balaban J connectivity index is 1.93. The summed E-state index contributed by atoms with van der Waals surface area (Å²) in [6, 6.07) is 4.95. The molecule has 1 N–H and O–H groups in total. The molecule has 3 nitrogen and oxygen atoms in total. The summed E-state index contributed by atoms with van der Waals surface area (Å²) in [7, 11) is 0. The maximum absolute atomic E-state index is 4.24. The zero-order valence-electron chi connectivity index (χ0n) is 10.2. The first-order valence-electron chi connectivity index (χ1n) is 6.12. The van der Waals surface area contributed by atoms with Crippen molar-refractivity contribution in [2.45, 2.75) is 26.3 Å². The predicted molar refractivity (Wildman–Crippen MR) is 66.6 cm³/mol. The van der Waals surface area contributed by atoms with E-state index in [1.807, 2.05) is 6.20 Å².